The van der Waals surface area contributed by atoms with Gasteiger partial charge in [0.15, 0.2) is 0 Å². The van der Waals surface area contributed by atoms with E-state index < -0.39 is 0 Å². The first-order chi connectivity index (χ1) is 11.0. The van der Waals surface area contributed by atoms with E-state index in [4.69, 9.17) is 27.9 Å². The number of nitrogens with one attached hydrogen (secondary N) is 1. The molecule has 23 heavy (non-hydrogen) atoms. The molecule has 0 unspecified atom stereocenters. The summed E-state index contributed by atoms with van der Waals surface area (Å²) in [5, 5.41) is 3.65. The van der Waals surface area contributed by atoms with E-state index in [1.54, 1.807) is 25.1 Å². The Balaban J connectivity index is 1.78. The second-order valence-corrected chi connectivity index (χ2v) is 6.29. The third kappa shape index (κ3) is 5.37. The standard InChI is InChI=1S/C16H20Cl2N2O3/c1-2-23-16(22)11-5-7-20(8-6-11)10-15(21)19-12-3-4-13(17)14(18)9-12/h3-4,9,11H,2,5-8,10H2,1H3,(H,19,21). The van der Waals surface area contributed by atoms with Crippen molar-refractivity contribution in [2.75, 3.05) is 31.6 Å². The molecule has 5 nitrogen and oxygen atoms in total. The number of piperidine rings is 1. The molecule has 0 radical (unpaired) electrons. The minimum absolute atomic E-state index is 0.0515. The lowest BCUT2D eigenvalue weighted by molar-refractivity contribution is -0.149. The Morgan fingerprint density at radius 1 is 1.26 bits per heavy atom. The molecule has 0 spiro atoms. The number of halogens is 2. The third-order valence-corrected chi connectivity index (χ3v) is 4.52. The van der Waals surface area contributed by atoms with Crippen LogP contribution < -0.4 is 5.32 Å². The lowest BCUT2D eigenvalue weighted by atomic mass is 9.97. The molecule has 1 heterocycles. The number of hydrogen-bond donors (Lipinski definition) is 1. The fraction of sp³-hybridized carbons (Fsp3) is 0.500. The number of hydrogen-bond acceptors (Lipinski definition) is 4. The number of esters is 1. The summed E-state index contributed by atoms with van der Waals surface area (Å²) in [6.45, 7) is 3.91. The molecule has 0 saturated carbocycles. The Labute approximate surface area is 145 Å². The zero-order valence-corrected chi connectivity index (χ0v) is 14.5. The number of likely N-dealkylation sites (tertiary alicyclic amines) is 1. The summed E-state index contributed by atoms with van der Waals surface area (Å²) in [5.41, 5.74) is 0.616. The van der Waals surface area contributed by atoms with Crippen LogP contribution in [0.1, 0.15) is 19.8 Å². The van der Waals surface area contributed by atoms with E-state index in [1.165, 1.54) is 0 Å². The Morgan fingerprint density at radius 3 is 2.57 bits per heavy atom. The average molecular weight is 359 g/mol. The van der Waals surface area contributed by atoms with Gasteiger partial charge < -0.3 is 10.1 Å². The summed E-state index contributed by atoms with van der Waals surface area (Å²) in [5.74, 6) is -0.297. The molecule has 2 rings (SSSR count). The Kier molecular flexibility index (Phi) is 6.69. The summed E-state index contributed by atoms with van der Waals surface area (Å²) in [7, 11) is 0. The molecular weight excluding hydrogens is 339 g/mol. The normalized spacial score (nSPS) is 16.1. The molecule has 0 aliphatic carbocycles. The molecule has 1 fully saturated rings. The molecule has 1 aromatic carbocycles. The second kappa shape index (κ2) is 8.52. The first-order valence-corrected chi connectivity index (χ1v) is 8.39. The van der Waals surface area contributed by atoms with E-state index in [-0.39, 0.29) is 24.3 Å². The zero-order chi connectivity index (χ0) is 16.8. The van der Waals surface area contributed by atoms with Crippen molar-refractivity contribution in [1.82, 2.24) is 4.90 Å². The Bertz CT molecular complexity index is 572. The van der Waals surface area contributed by atoms with Crippen LogP contribution in [-0.4, -0.2) is 43.0 Å². The fourth-order valence-electron chi connectivity index (χ4n) is 2.56. The van der Waals surface area contributed by atoms with Gasteiger partial charge in [-0.1, -0.05) is 23.2 Å². The van der Waals surface area contributed by atoms with Gasteiger partial charge in [0, 0.05) is 5.69 Å². The van der Waals surface area contributed by atoms with Crippen molar-refractivity contribution in [3.8, 4) is 0 Å². The van der Waals surface area contributed by atoms with Crippen LogP contribution >= 0.6 is 23.2 Å². The topological polar surface area (TPSA) is 58.6 Å². The molecule has 1 N–H and O–H groups in total. The van der Waals surface area contributed by atoms with Gasteiger partial charge in [0.1, 0.15) is 0 Å². The van der Waals surface area contributed by atoms with Crippen LogP contribution in [-0.2, 0) is 14.3 Å². The van der Waals surface area contributed by atoms with E-state index in [2.05, 4.69) is 5.32 Å². The number of ether oxygens (including phenoxy) is 1. The largest absolute Gasteiger partial charge is 0.466 e. The van der Waals surface area contributed by atoms with Crippen LogP contribution in [0.2, 0.25) is 10.0 Å². The summed E-state index contributed by atoms with van der Waals surface area (Å²) < 4.78 is 5.04. The number of amides is 1. The van der Waals surface area contributed by atoms with Crippen molar-refractivity contribution >= 4 is 40.8 Å². The molecule has 1 aliphatic rings. The van der Waals surface area contributed by atoms with Gasteiger partial charge in [-0.15, -0.1) is 0 Å². The molecular formula is C16H20Cl2N2O3. The summed E-state index contributed by atoms with van der Waals surface area (Å²) in [6.07, 6.45) is 1.44. The van der Waals surface area contributed by atoms with Gasteiger partial charge in [0.25, 0.3) is 0 Å². The van der Waals surface area contributed by atoms with Gasteiger partial charge in [-0.05, 0) is 51.1 Å². The zero-order valence-electron chi connectivity index (χ0n) is 13.0. The second-order valence-electron chi connectivity index (χ2n) is 5.48. The number of carbonyl (C=O) groups is 2. The number of nitrogens with zero attached hydrogens (tertiary/aromatic N) is 1. The minimum atomic E-state index is -0.132. The molecule has 7 heteroatoms. The quantitative estimate of drug-likeness (QED) is 0.821. The fourth-order valence-corrected chi connectivity index (χ4v) is 2.86. The van der Waals surface area contributed by atoms with E-state index in [0.717, 1.165) is 12.8 Å². The molecule has 1 aliphatic heterocycles. The Morgan fingerprint density at radius 2 is 1.96 bits per heavy atom. The van der Waals surface area contributed by atoms with Crippen molar-refractivity contribution < 1.29 is 14.3 Å². The third-order valence-electron chi connectivity index (χ3n) is 3.78. The predicted molar refractivity (Wildman–Crippen MR) is 90.9 cm³/mol. The molecule has 0 aromatic heterocycles. The van der Waals surface area contributed by atoms with Crippen LogP contribution in [0.25, 0.3) is 0 Å². The van der Waals surface area contributed by atoms with E-state index in [9.17, 15) is 9.59 Å². The van der Waals surface area contributed by atoms with Gasteiger partial charge in [0.2, 0.25) is 5.91 Å². The first kappa shape index (κ1) is 18.0. The van der Waals surface area contributed by atoms with Crippen molar-refractivity contribution in [3.63, 3.8) is 0 Å². The molecule has 1 amide bonds. The number of rotatable bonds is 5. The van der Waals surface area contributed by atoms with Gasteiger partial charge in [0.05, 0.1) is 29.1 Å². The van der Waals surface area contributed by atoms with Gasteiger partial charge in [-0.2, -0.15) is 0 Å². The number of carbonyl (C=O) groups excluding carboxylic acids is 2. The summed E-state index contributed by atoms with van der Waals surface area (Å²) in [4.78, 5) is 25.8. The van der Waals surface area contributed by atoms with Crippen molar-refractivity contribution in [2.45, 2.75) is 19.8 Å². The highest BCUT2D eigenvalue weighted by atomic mass is 35.5. The highest BCUT2D eigenvalue weighted by molar-refractivity contribution is 6.42. The van der Waals surface area contributed by atoms with Crippen LogP contribution in [0.4, 0.5) is 5.69 Å². The SMILES string of the molecule is CCOC(=O)C1CCN(CC(=O)Nc2ccc(Cl)c(Cl)c2)CC1. The van der Waals surface area contributed by atoms with Gasteiger partial charge in [-0.3, -0.25) is 14.5 Å². The molecule has 0 bridgehead atoms. The minimum Gasteiger partial charge on any atom is -0.466 e. The summed E-state index contributed by atoms with van der Waals surface area (Å²) in [6, 6.07) is 4.97. The maximum absolute atomic E-state index is 12.1. The monoisotopic (exact) mass is 358 g/mol. The van der Waals surface area contributed by atoms with Crippen LogP contribution in [0.3, 0.4) is 0 Å². The number of anilines is 1. The lowest BCUT2D eigenvalue weighted by Gasteiger charge is -2.30. The van der Waals surface area contributed by atoms with E-state index in [1.807, 2.05) is 4.90 Å². The van der Waals surface area contributed by atoms with E-state index in [0.29, 0.717) is 35.4 Å². The number of benzene rings is 1. The Hall–Kier alpha value is -1.30. The average Bonchev–Trinajstić information content (AvgIpc) is 2.52. The molecule has 1 saturated heterocycles. The predicted octanol–water partition coefficient (Wildman–Crippen LogP) is 3.21. The van der Waals surface area contributed by atoms with Crippen LogP contribution in [0, 0.1) is 5.92 Å². The van der Waals surface area contributed by atoms with Crippen LogP contribution in [0.15, 0.2) is 18.2 Å². The smallest absolute Gasteiger partial charge is 0.309 e. The van der Waals surface area contributed by atoms with Gasteiger partial charge in [-0.25, -0.2) is 0 Å². The maximum atomic E-state index is 12.1. The highest BCUT2D eigenvalue weighted by Crippen LogP contribution is 2.25. The lowest BCUT2D eigenvalue weighted by Crippen LogP contribution is -2.41. The van der Waals surface area contributed by atoms with Crippen molar-refractivity contribution in [1.29, 1.82) is 0 Å². The summed E-state index contributed by atoms with van der Waals surface area (Å²) >= 11 is 11.8. The van der Waals surface area contributed by atoms with E-state index >= 15 is 0 Å². The molecule has 1 aromatic rings. The van der Waals surface area contributed by atoms with Crippen LogP contribution in [0.5, 0.6) is 0 Å². The van der Waals surface area contributed by atoms with Crippen molar-refractivity contribution in [2.24, 2.45) is 5.92 Å². The van der Waals surface area contributed by atoms with Crippen molar-refractivity contribution in [3.05, 3.63) is 28.2 Å². The highest BCUT2D eigenvalue weighted by Gasteiger charge is 2.26. The molecule has 0 atom stereocenters. The van der Waals surface area contributed by atoms with Gasteiger partial charge >= 0.3 is 5.97 Å². The molecule has 126 valence electrons. The first-order valence-electron chi connectivity index (χ1n) is 7.63. The maximum Gasteiger partial charge on any atom is 0.309 e.